The molecular weight excluding hydrogens is 359 g/mol. The standard InChI is InChI=1S/C22H25FN2O3/c1-2-16(14-24)13-21(11-8-17-4-3-5-20(23)12-17)25-28-15-18-6-9-19(10-7-18)22(26)27/h3-7,9-10,12-14,25H,2,8,11,15,24H2,1H3,(H,26,27)/b16-14-,21-13+. The van der Waals surface area contributed by atoms with Gasteiger partial charge in [0.2, 0.25) is 0 Å². The van der Waals surface area contributed by atoms with Gasteiger partial charge in [-0.05, 0) is 72.5 Å². The average Bonchev–Trinajstić information content (AvgIpc) is 2.70. The van der Waals surface area contributed by atoms with E-state index < -0.39 is 5.97 Å². The van der Waals surface area contributed by atoms with Crippen molar-refractivity contribution >= 4 is 5.97 Å². The molecule has 6 heteroatoms. The molecule has 0 heterocycles. The second kappa shape index (κ2) is 10.9. The van der Waals surface area contributed by atoms with Gasteiger partial charge in [0.15, 0.2) is 0 Å². The van der Waals surface area contributed by atoms with Gasteiger partial charge in [-0.15, -0.1) is 0 Å². The van der Waals surface area contributed by atoms with Crippen molar-refractivity contribution < 1.29 is 19.1 Å². The van der Waals surface area contributed by atoms with E-state index in [9.17, 15) is 9.18 Å². The first kappa shape index (κ1) is 21.2. The summed E-state index contributed by atoms with van der Waals surface area (Å²) in [5.41, 5.74) is 12.3. The van der Waals surface area contributed by atoms with Crippen molar-refractivity contribution in [2.75, 3.05) is 0 Å². The first-order valence-corrected chi connectivity index (χ1v) is 9.07. The molecule has 0 aliphatic carbocycles. The number of carboxylic acids is 1. The molecule has 2 aromatic carbocycles. The molecule has 0 saturated carbocycles. The van der Waals surface area contributed by atoms with Crippen LogP contribution in [0.2, 0.25) is 0 Å². The number of hydrogen-bond acceptors (Lipinski definition) is 4. The van der Waals surface area contributed by atoms with E-state index in [1.807, 2.05) is 19.1 Å². The van der Waals surface area contributed by atoms with Crippen LogP contribution < -0.4 is 11.2 Å². The summed E-state index contributed by atoms with van der Waals surface area (Å²) in [6, 6.07) is 13.0. The van der Waals surface area contributed by atoms with Crippen molar-refractivity contribution in [1.29, 1.82) is 0 Å². The minimum absolute atomic E-state index is 0.230. The zero-order valence-corrected chi connectivity index (χ0v) is 15.8. The lowest BCUT2D eigenvalue weighted by atomic mass is 10.1. The van der Waals surface area contributed by atoms with E-state index in [2.05, 4.69) is 5.48 Å². The number of allylic oxidation sites excluding steroid dienone is 3. The maximum absolute atomic E-state index is 13.4. The molecule has 0 fully saturated rings. The van der Waals surface area contributed by atoms with Crippen molar-refractivity contribution in [2.24, 2.45) is 5.73 Å². The van der Waals surface area contributed by atoms with E-state index in [0.717, 1.165) is 28.8 Å². The molecular formula is C22H25FN2O3. The number of halogens is 1. The van der Waals surface area contributed by atoms with Crippen LogP contribution in [0.25, 0.3) is 0 Å². The van der Waals surface area contributed by atoms with Gasteiger partial charge >= 0.3 is 5.97 Å². The third kappa shape index (κ3) is 6.89. The predicted octanol–water partition coefficient (Wildman–Crippen LogP) is 4.31. The number of carbonyl (C=O) groups is 1. The minimum Gasteiger partial charge on any atom is -0.478 e. The second-order valence-electron chi connectivity index (χ2n) is 6.29. The lowest BCUT2D eigenvalue weighted by Gasteiger charge is -2.13. The molecule has 0 aliphatic rings. The van der Waals surface area contributed by atoms with Crippen LogP contribution in [-0.4, -0.2) is 11.1 Å². The smallest absolute Gasteiger partial charge is 0.335 e. The second-order valence-corrected chi connectivity index (χ2v) is 6.29. The number of benzene rings is 2. The highest BCUT2D eigenvalue weighted by Gasteiger charge is 2.04. The zero-order chi connectivity index (χ0) is 20.4. The maximum atomic E-state index is 13.4. The summed E-state index contributed by atoms with van der Waals surface area (Å²) in [6.07, 6.45) is 5.52. The Morgan fingerprint density at radius 1 is 1.21 bits per heavy atom. The highest BCUT2D eigenvalue weighted by Crippen LogP contribution is 2.13. The molecule has 0 atom stereocenters. The lowest BCUT2D eigenvalue weighted by molar-refractivity contribution is 0.0469. The van der Waals surface area contributed by atoms with E-state index in [-0.39, 0.29) is 18.0 Å². The summed E-state index contributed by atoms with van der Waals surface area (Å²) < 4.78 is 13.4. The van der Waals surface area contributed by atoms with E-state index in [1.54, 1.807) is 24.4 Å². The van der Waals surface area contributed by atoms with Crippen LogP contribution in [0, 0.1) is 5.82 Å². The number of hydrogen-bond donors (Lipinski definition) is 3. The molecule has 4 N–H and O–H groups in total. The van der Waals surface area contributed by atoms with Crippen molar-refractivity contribution in [3.8, 4) is 0 Å². The number of hydroxylamine groups is 1. The SMILES string of the molecule is CCC(=C/N)/C=C(\CCc1cccc(F)c1)NOCc1ccc(C(=O)O)cc1. The third-order valence-corrected chi connectivity index (χ3v) is 4.20. The quantitative estimate of drug-likeness (QED) is 0.420. The highest BCUT2D eigenvalue weighted by molar-refractivity contribution is 5.87. The number of aryl methyl sites for hydroxylation is 1. The Morgan fingerprint density at radius 3 is 2.57 bits per heavy atom. The lowest BCUT2D eigenvalue weighted by Crippen LogP contribution is -2.15. The molecule has 0 saturated heterocycles. The van der Waals surface area contributed by atoms with Crippen molar-refractivity contribution in [3.63, 3.8) is 0 Å². The minimum atomic E-state index is -0.964. The fourth-order valence-corrected chi connectivity index (χ4v) is 2.57. The van der Waals surface area contributed by atoms with Crippen LogP contribution >= 0.6 is 0 Å². The summed E-state index contributed by atoms with van der Waals surface area (Å²) in [5, 5.41) is 8.94. The molecule has 148 valence electrons. The molecule has 0 aliphatic heterocycles. The Kier molecular flexibility index (Phi) is 8.24. The van der Waals surface area contributed by atoms with Crippen LogP contribution in [0.4, 0.5) is 4.39 Å². The van der Waals surface area contributed by atoms with Crippen LogP contribution in [0.15, 0.2) is 72.1 Å². The number of rotatable bonds is 10. The van der Waals surface area contributed by atoms with Crippen LogP contribution in [0.3, 0.4) is 0 Å². The number of carboxylic acid groups (broad SMARTS) is 1. The van der Waals surface area contributed by atoms with E-state index in [0.29, 0.717) is 12.8 Å². The zero-order valence-electron chi connectivity index (χ0n) is 15.8. The Morgan fingerprint density at radius 2 is 1.96 bits per heavy atom. The van der Waals surface area contributed by atoms with Crippen LogP contribution in [0.1, 0.15) is 41.3 Å². The van der Waals surface area contributed by atoms with Gasteiger partial charge in [0.1, 0.15) is 5.82 Å². The molecule has 0 amide bonds. The molecule has 0 bridgehead atoms. The molecule has 0 unspecified atom stereocenters. The number of nitrogens with two attached hydrogens (primary N) is 1. The predicted molar refractivity (Wildman–Crippen MR) is 107 cm³/mol. The molecule has 0 radical (unpaired) electrons. The molecule has 0 aromatic heterocycles. The molecule has 2 rings (SSSR count). The number of aromatic carboxylic acids is 1. The van der Waals surface area contributed by atoms with Gasteiger partial charge in [-0.2, -0.15) is 0 Å². The first-order valence-electron chi connectivity index (χ1n) is 9.07. The first-order chi connectivity index (χ1) is 13.5. The Hall–Kier alpha value is -3.12. The summed E-state index contributed by atoms with van der Waals surface area (Å²) in [6.45, 7) is 2.27. The molecule has 0 spiro atoms. The molecule has 2 aromatic rings. The van der Waals surface area contributed by atoms with Crippen molar-refractivity contribution in [3.05, 3.63) is 94.6 Å². The molecule has 5 nitrogen and oxygen atoms in total. The maximum Gasteiger partial charge on any atom is 0.335 e. The largest absolute Gasteiger partial charge is 0.478 e. The monoisotopic (exact) mass is 384 g/mol. The Balaban J connectivity index is 1.98. The average molecular weight is 384 g/mol. The topological polar surface area (TPSA) is 84.6 Å². The fraction of sp³-hybridized carbons (Fsp3) is 0.227. The van der Waals surface area contributed by atoms with Gasteiger partial charge in [0.25, 0.3) is 0 Å². The van der Waals surface area contributed by atoms with Gasteiger partial charge in [-0.1, -0.05) is 31.2 Å². The highest BCUT2D eigenvalue weighted by atomic mass is 19.1. The van der Waals surface area contributed by atoms with Gasteiger partial charge in [0.05, 0.1) is 12.2 Å². The molecule has 28 heavy (non-hydrogen) atoms. The normalized spacial score (nSPS) is 12.1. The van der Waals surface area contributed by atoms with E-state index in [4.69, 9.17) is 15.7 Å². The Bertz CT molecular complexity index is 845. The van der Waals surface area contributed by atoms with Gasteiger partial charge < -0.3 is 10.8 Å². The third-order valence-electron chi connectivity index (χ3n) is 4.20. The van der Waals surface area contributed by atoms with E-state index >= 15 is 0 Å². The van der Waals surface area contributed by atoms with Crippen molar-refractivity contribution in [1.82, 2.24) is 5.48 Å². The fourth-order valence-electron chi connectivity index (χ4n) is 2.57. The van der Waals surface area contributed by atoms with Gasteiger partial charge in [0, 0.05) is 5.70 Å². The van der Waals surface area contributed by atoms with Crippen molar-refractivity contribution in [2.45, 2.75) is 32.8 Å². The van der Waals surface area contributed by atoms with E-state index in [1.165, 1.54) is 24.3 Å². The van der Waals surface area contributed by atoms with Crippen LogP contribution in [-0.2, 0) is 17.9 Å². The van der Waals surface area contributed by atoms with Gasteiger partial charge in [-0.25, -0.2) is 9.18 Å². The van der Waals surface area contributed by atoms with Crippen LogP contribution in [0.5, 0.6) is 0 Å². The summed E-state index contributed by atoms with van der Waals surface area (Å²) in [5.74, 6) is -1.22. The summed E-state index contributed by atoms with van der Waals surface area (Å²) >= 11 is 0. The Labute approximate surface area is 164 Å². The summed E-state index contributed by atoms with van der Waals surface area (Å²) in [7, 11) is 0. The number of nitrogens with one attached hydrogen (secondary N) is 1. The van der Waals surface area contributed by atoms with Gasteiger partial charge in [-0.3, -0.25) is 10.3 Å². The summed E-state index contributed by atoms with van der Waals surface area (Å²) in [4.78, 5) is 16.5.